The first kappa shape index (κ1) is 17.4. The second kappa shape index (κ2) is 8.11. The summed E-state index contributed by atoms with van der Waals surface area (Å²) < 4.78 is 10.6. The summed E-state index contributed by atoms with van der Waals surface area (Å²) in [5, 5.41) is 4.24. The first-order valence-electron chi connectivity index (χ1n) is 8.21. The van der Waals surface area contributed by atoms with Crippen LogP contribution in [0.15, 0.2) is 60.8 Å². The lowest BCUT2D eigenvalue weighted by molar-refractivity contribution is -0.119. The Morgan fingerprint density at radius 2 is 1.81 bits per heavy atom. The van der Waals surface area contributed by atoms with Gasteiger partial charge in [-0.2, -0.15) is 0 Å². The summed E-state index contributed by atoms with van der Waals surface area (Å²) in [5.74, 6) is -0.536. The minimum Gasteiger partial charge on any atom is -0.492 e. The number of para-hydroxylation sites is 2. The fourth-order valence-electron chi connectivity index (χ4n) is 2.52. The normalized spacial score (nSPS) is 10.3. The molecule has 132 valence electrons. The van der Waals surface area contributed by atoms with Crippen LogP contribution < -0.4 is 10.1 Å². The second-order valence-corrected chi connectivity index (χ2v) is 5.43. The van der Waals surface area contributed by atoms with Crippen molar-refractivity contribution in [2.75, 3.05) is 18.5 Å². The van der Waals surface area contributed by atoms with Gasteiger partial charge in [0.1, 0.15) is 5.75 Å². The highest BCUT2D eigenvalue weighted by Crippen LogP contribution is 2.23. The van der Waals surface area contributed by atoms with Gasteiger partial charge in [-0.25, -0.2) is 9.78 Å². The van der Waals surface area contributed by atoms with Crippen LogP contribution in [0, 0.1) is 0 Å². The van der Waals surface area contributed by atoms with Crippen molar-refractivity contribution in [1.82, 2.24) is 4.98 Å². The van der Waals surface area contributed by atoms with Crippen molar-refractivity contribution in [3.8, 4) is 5.75 Å². The molecule has 3 aromatic rings. The Balaban J connectivity index is 1.65. The molecule has 0 radical (unpaired) electrons. The Labute approximate surface area is 150 Å². The highest BCUT2D eigenvalue weighted by molar-refractivity contribution is 6.03. The number of nitrogens with one attached hydrogen (secondary N) is 1. The molecule has 6 nitrogen and oxygen atoms in total. The third-order valence-corrected chi connectivity index (χ3v) is 3.66. The summed E-state index contributed by atoms with van der Waals surface area (Å²) in [6.07, 6.45) is 1.54. The minimum absolute atomic E-state index is 0.186. The van der Waals surface area contributed by atoms with Crippen molar-refractivity contribution in [3.05, 3.63) is 66.5 Å². The molecule has 1 aromatic heterocycles. The third kappa shape index (κ3) is 3.97. The zero-order valence-corrected chi connectivity index (χ0v) is 14.3. The molecule has 2 aromatic carbocycles. The number of amides is 1. The van der Waals surface area contributed by atoms with Gasteiger partial charge in [0.15, 0.2) is 12.3 Å². The molecule has 0 aliphatic rings. The van der Waals surface area contributed by atoms with Crippen LogP contribution in [0.5, 0.6) is 5.75 Å². The topological polar surface area (TPSA) is 77.5 Å². The number of nitrogens with zero attached hydrogens (tertiary/aromatic N) is 1. The van der Waals surface area contributed by atoms with Crippen molar-refractivity contribution in [1.29, 1.82) is 0 Å². The highest BCUT2D eigenvalue weighted by atomic mass is 16.5. The molecule has 0 atom stereocenters. The lowest BCUT2D eigenvalue weighted by atomic mass is 10.1. The quantitative estimate of drug-likeness (QED) is 0.689. The summed E-state index contributed by atoms with van der Waals surface area (Å²) in [6, 6.07) is 16.2. The molecule has 0 saturated carbocycles. The molecule has 6 heteroatoms. The van der Waals surface area contributed by atoms with Crippen molar-refractivity contribution in [2.45, 2.75) is 6.92 Å². The van der Waals surface area contributed by atoms with E-state index in [2.05, 4.69) is 10.3 Å². The fraction of sp³-hybridized carbons (Fsp3) is 0.150. The third-order valence-electron chi connectivity index (χ3n) is 3.66. The van der Waals surface area contributed by atoms with Crippen molar-refractivity contribution in [2.24, 2.45) is 0 Å². The van der Waals surface area contributed by atoms with E-state index in [4.69, 9.17) is 9.47 Å². The molecule has 1 heterocycles. The first-order chi connectivity index (χ1) is 12.7. The van der Waals surface area contributed by atoms with Crippen LogP contribution in [0.25, 0.3) is 10.8 Å². The van der Waals surface area contributed by atoms with Gasteiger partial charge in [-0.15, -0.1) is 0 Å². The van der Waals surface area contributed by atoms with Crippen LogP contribution in [0.1, 0.15) is 17.4 Å². The van der Waals surface area contributed by atoms with Gasteiger partial charge in [0, 0.05) is 11.6 Å². The number of esters is 1. The lowest BCUT2D eigenvalue weighted by Crippen LogP contribution is -2.21. The number of pyridine rings is 1. The number of carbonyl (C=O) groups excluding carboxylic acids is 2. The minimum atomic E-state index is -0.643. The van der Waals surface area contributed by atoms with Crippen LogP contribution in [-0.2, 0) is 9.53 Å². The molecule has 0 aliphatic heterocycles. The maximum atomic E-state index is 12.3. The predicted octanol–water partition coefficient (Wildman–Crippen LogP) is 3.43. The number of carbonyl (C=O) groups is 2. The summed E-state index contributed by atoms with van der Waals surface area (Å²) in [6.45, 7) is 1.93. The number of benzene rings is 2. The molecule has 1 amide bonds. The van der Waals surface area contributed by atoms with Gasteiger partial charge in [-0.3, -0.25) is 4.79 Å². The Morgan fingerprint density at radius 1 is 1.04 bits per heavy atom. The van der Waals surface area contributed by atoms with E-state index in [1.807, 2.05) is 37.3 Å². The standard InChI is InChI=1S/C20H18N2O4/c1-2-25-17-10-6-5-9-16(17)22-18(23)13-26-20(24)19-15-8-4-3-7-14(15)11-12-21-19/h3-12H,2,13H2,1H3,(H,22,23). The van der Waals surface area contributed by atoms with E-state index in [0.29, 0.717) is 23.4 Å². The molecule has 3 rings (SSSR count). The maximum absolute atomic E-state index is 12.3. The summed E-state index contributed by atoms with van der Waals surface area (Å²) in [5.41, 5.74) is 0.712. The Hall–Kier alpha value is -3.41. The van der Waals surface area contributed by atoms with Crippen LogP contribution in [0.3, 0.4) is 0 Å². The predicted molar refractivity (Wildman–Crippen MR) is 98.3 cm³/mol. The molecule has 0 fully saturated rings. The zero-order chi connectivity index (χ0) is 18.4. The van der Waals surface area contributed by atoms with Gasteiger partial charge in [-0.05, 0) is 30.5 Å². The van der Waals surface area contributed by atoms with E-state index in [-0.39, 0.29) is 5.69 Å². The van der Waals surface area contributed by atoms with Crippen molar-refractivity contribution < 1.29 is 19.1 Å². The van der Waals surface area contributed by atoms with Gasteiger partial charge in [0.25, 0.3) is 5.91 Å². The summed E-state index contributed by atoms with van der Waals surface area (Å²) in [7, 11) is 0. The average molecular weight is 350 g/mol. The van der Waals surface area contributed by atoms with E-state index in [9.17, 15) is 9.59 Å². The Kier molecular flexibility index (Phi) is 5.43. The van der Waals surface area contributed by atoms with Crippen molar-refractivity contribution in [3.63, 3.8) is 0 Å². The Morgan fingerprint density at radius 3 is 2.65 bits per heavy atom. The van der Waals surface area contributed by atoms with Gasteiger partial charge >= 0.3 is 5.97 Å². The number of hydrogen-bond donors (Lipinski definition) is 1. The molecule has 26 heavy (non-hydrogen) atoms. The number of aromatic nitrogens is 1. The summed E-state index contributed by atoms with van der Waals surface area (Å²) >= 11 is 0. The van der Waals surface area contributed by atoms with E-state index < -0.39 is 18.5 Å². The monoisotopic (exact) mass is 350 g/mol. The molecule has 0 unspecified atom stereocenters. The average Bonchev–Trinajstić information content (AvgIpc) is 2.67. The van der Waals surface area contributed by atoms with E-state index in [0.717, 1.165) is 5.39 Å². The van der Waals surface area contributed by atoms with E-state index >= 15 is 0 Å². The van der Waals surface area contributed by atoms with Crippen LogP contribution in [0.4, 0.5) is 5.69 Å². The SMILES string of the molecule is CCOc1ccccc1NC(=O)COC(=O)c1nccc2ccccc12. The number of fused-ring (bicyclic) bond motifs is 1. The van der Waals surface area contributed by atoms with Gasteiger partial charge in [-0.1, -0.05) is 36.4 Å². The van der Waals surface area contributed by atoms with Crippen LogP contribution in [-0.4, -0.2) is 30.1 Å². The number of anilines is 1. The van der Waals surface area contributed by atoms with Gasteiger partial charge < -0.3 is 14.8 Å². The molecule has 0 spiro atoms. The summed E-state index contributed by atoms with van der Waals surface area (Å²) in [4.78, 5) is 28.5. The first-order valence-corrected chi connectivity index (χ1v) is 8.21. The van der Waals surface area contributed by atoms with Gasteiger partial charge in [0.2, 0.25) is 0 Å². The van der Waals surface area contributed by atoms with Crippen LogP contribution >= 0.6 is 0 Å². The molecule has 0 aliphatic carbocycles. The number of ether oxygens (including phenoxy) is 2. The molecular formula is C20H18N2O4. The number of hydrogen-bond acceptors (Lipinski definition) is 5. The van der Waals surface area contributed by atoms with Crippen LogP contribution in [0.2, 0.25) is 0 Å². The maximum Gasteiger partial charge on any atom is 0.358 e. The second-order valence-electron chi connectivity index (χ2n) is 5.43. The van der Waals surface area contributed by atoms with E-state index in [1.54, 1.807) is 24.3 Å². The molecule has 0 bridgehead atoms. The number of rotatable bonds is 6. The molecular weight excluding hydrogens is 332 g/mol. The Bertz CT molecular complexity index is 935. The largest absolute Gasteiger partial charge is 0.492 e. The zero-order valence-electron chi connectivity index (χ0n) is 14.3. The van der Waals surface area contributed by atoms with Crippen molar-refractivity contribution >= 4 is 28.3 Å². The van der Waals surface area contributed by atoms with E-state index in [1.165, 1.54) is 6.20 Å². The smallest absolute Gasteiger partial charge is 0.358 e. The fourth-order valence-corrected chi connectivity index (χ4v) is 2.52. The highest BCUT2D eigenvalue weighted by Gasteiger charge is 2.15. The lowest BCUT2D eigenvalue weighted by Gasteiger charge is -2.11. The van der Waals surface area contributed by atoms with Gasteiger partial charge in [0.05, 0.1) is 12.3 Å². The molecule has 1 N–H and O–H groups in total. The molecule has 0 saturated heterocycles.